The number of carbonyl (C=O) groups is 1. The van der Waals surface area contributed by atoms with Crippen LogP contribution < -0.4 is 0 Å². The summed E-state index contributed by atoms with van der Waals surface area (Å²) in [6.45, 7) is 0.652. The summed E-state index contributed by atoms with van der Waals surface area (Å²) in [6, 6.07) is 16.6. The second-order valence-electron chi connectivity index (χ2n) is 7.59. The molecule has 0 saturated heterocycles. The summed E-state index contributed by atoms with van der Waals surface area (Å²) in [7, 11) is 1.70. The standard InChI is InChI=1S/C22H25NO3/c1-23(15-22(25)12-6-7-13-22)21(24)26-14-20-18-10-4-2-8-16(18)17-9-3-5-11-19(17)20/h2-5,8-11,20,25H,6-7,12-15H2,1H3. The van der Waals surface area contributed by atoms with Crippen LogP contribution in [0.15, 0.2) is 48.5 Å². The Bertz CT molecular complexity index is 765. The maximum Gasteiger partial charge on any atom is 0.409 e. The third-order valence-electron chi connectivity index (χ3n) is 5.71. The maximum absolute atomic E-state index is 12.4. The van der Waals surface area contributed by atoms with Crippen LogP contribution in [0.4, 0.5) is 4.79 Å². The van der Waals surface area contributed by atoms with Crippen molar-refractivity contribution in [2.24, 2.45) is 0 Å². The molecule has 0 bridgehead atoms. The van der Waals surface area contributed by atoms with Crippen molar-refractivity contribution in [3.05, 3.63) is 59.7 Å². The minimum absolute atomic E-state index is 0.0642. The van der Waals surface area contributed by atoms with Gasteiger partial charge in [0.15, 0.2) is 0 Å². The van der Waals surface area contributed by atoms with Crippen molar-refractivity contribution >= 4 is 6.09 Å². The number of carbonyl (C=O) groups excluding carboxylic acids is 1. The molecule has 26 heavy (non-hydrogen) atoms. The summed E-state index contributed by atoms with van der Waals surface area (Å²) in [6.07, 6.45) is 3.19. The SMILES string of the molecule is CN(CC1(O)CCCC1)C(=O)OCC1c2ccccc2-c2ccccc21. The Morgan fingerprint density at radius 3 is 2.19 bits per heavy atom. The number of ether oxygens (including phenoxy) is 1. The lowest BCUT2D eigenvalue weighted by atomic mass is 9.98. The van der Waals surface area contributed by atoms with Crippen molar-refractivity contribution in [1.82, 2.24) is 4.90 Å². The van der Waals surface area contributed by atoms with Crippen LogP contribution in [-0.2, 0) is 4.74 Å². The number of rotatable bonds is 4. The molecule has 2 aliphatic rings. The molecule has 0 radical (unpaired) electrons. The van der Waals surface area contributed by atoms with Crippen LogP contribution in [0.1, 0.15) is 42.7 Å². The predicted molar refractivity (Wildman–Crippen MR) is 101 cm³/mol. The van der Waals surface area contributed by atoms with Gasteiger partial charge in [-0.2, -0.15) is 0 Å². The van der Waals surface area contributed by atoms with E-state index in [-0.39, 0.29) is 12.0 Å². The van der Waals surface area contributed by atoms with Crippen molar-refractivity contribution < 1.29 is 14.6 Å². The first kappa shape index (κ1) is 17.1. The molecule has 0 atom stereocenters. The van der Waals surface area contributed by atoms with Crippen LogP contribution in [0.3, 0.4) is 0 Å². The molecule has 2 aliphatic carbocycles. The highest BCUT2D eigenvalue weighted by Gasteiger charge is 2.34. The molecular formula is C22H25NO3. The van der Waals surface area contributed by atoms with E-state index in [4.69, 9.17) is 4.74 Å². The average molecular weight is 351 g/mol. The third-order valence-corrected chi connectivity index (χ3v) is 5.71. The number of benzene rings is 2. The number of aliphatic hydroxyl groups is 1. The highest BCUT2D eigenvalue weighted by atomic mass is 16.6. The number of amides is 1. The Morgan fingerprint density at radius 1 is 1.08 bits per heavy atom. The van der Waals surface area contributed by atoms with Gasteiger partial charge in [0.2, 0.25) is 0 Å². The van der Waals surface area contributed by atoms with E-state index in [1.54, 1.807) is 7.05 Å². The molecular weight excluding hydrogens is 326 g/mol. The minimum Gasteiger partial charge on any atom is -0.448 e. The first-order valence-electron chi connectivity index (χ1n) is 9.36. The van der Waals surface area contributed by atoms with E-state index in [2.05, 4.69) is 24.3 Å². The van der Waals surface area contributed by atoms with Gasteiger partial charge >= 0.3 is 6.09 Å². The molecule has 0 spiro atoms. The Hall–Kier alpha value is -2.33. The Balaban J connectivity index is 1.45. The lowest BCUT2D eigenvalue weighted by Gasteiger charge is -2.28. The van der Waals surface area contributed by atoms with E-state index in [9.17, 15) is 9.90 Å². The zero-order valence-corrected chi connectivity index (χ0v) is 15.1. The quantitative estimate of drug-likeness (QED) is 0.899. The summed E-state index contributed by atoms with van der Waals surface area (Å²) in [5.74, 6) is 0.0642. The summed E-state index contributed by atoms with van der Waals surface area (Å²) in [5, 5.41) is 10.5. The van der Waals surface area contributed by atoms with Crippen LogP contribution in [0.5, 0.6) is 0 Å². The van der Waals surface area contributed by atoms with Gasteiger partial charge < -0.3 is 14.7 Å². The molecule has 0 aromatic heterocycles. The lowest BCUT2D eigenvalue weighted by Crippen LogP contribution is -2.42. The molecule has 2 aromatic carbocycles. The molecule has 1 fully saturated rings. The summed E-state index contributed by atoms with van der Waals surface area (Å²) < 4.78 is 5.63. The van der Waals surface area contributed by atoms with Gasteiger partial charge in [-0.25, -0.2) is 4.79 Å². The van der Waals surface area contributed by atoms with E-state index in [1.807, 2.05) is 24.3 Å². The van der Waals surface area contributed by atoms with E-state index in [1.165, 1.54) is 27.2 Å². The normalized spacial score (nSPS) is 17.6. The molecule has 136 valence electrons. The first-order valence-corrected chi connectivity index (χ1v) is 9.36. The van der Waals surface area contributed by atoms with Gasteiger partial charge in [0.1, 0.15) is 6.61 Å². The zero-order valence-electron chi connectivity index (χ0n) is 15.1. The number of likely N-dealkylation sites (N-methyl/N-ethyl adjacent to an activating group) is 1. The molecule has 0 heterocycles. The second kappa shape index (κ2) is 6.76. The highest BCUT2D eigenvalue weighted by Crippen LogP contribution is 2.44. The molecule has 4 rings (SSSR count). The predicted octanol–water partition coefficient (Wildman–Crippen LogP) is 4.17. The monoisotopic (exact) mass is 351 g/mol. The summed E-state index contributed by atoms with van der Waals surface area (Å²) in [5.41, 5.74) is 4.10. The smallest absolute Gasteiger partial charge is 0.409 e. The minimum atomic E-state index is -0.750. The van der Waals surface area contributed by atoms with Crippen LogP contribution in [-0.4, -0.2) is 41.9 Å². The van der Waals surface area contributed by atoms with E-state index in [0.29, 0.717) is 13.2 Å². The van der Waals surface area contributed by atoms with Gasteiger partial charge in [-0.3, -0.25) is 0 Å². The molecule has 1 N–H and O–H groups in total. The first-order chi connectivity index (χ1) is 12.6. The molecule has 0 aliphatic heterocycles. The summed E-state index contributed by atoms with van der Waals surface area (Å²) >= 11 is 0. The number of fused-ring (bicyclic) bond motifs is 3. The highest BCUT2D eigenvalue weighted by molar-refractivity contribution is 5.79. The number of hydrogen-bond donors (Lipinski definition) is 1. The van der Waals surface area contributed by atoms with Crippen LogP contribution in [0, 0.1) is 0 Å². The van der Waals surface area contributed by atoms with Gasteiger partial charge in [-0.15, -0.1) is 0 Å². The molecule has 1 amide bonds. The van der Waals surface area contributed by atoms with Crippen molar-refractivity contribution in [2.45, 2.75) is 37.2 Å². The largest absolute Gasteiger partial charge is 0.448 e. The topological polar surface area (TPSA) is 49.8 Å². The van der Waals surface area contributed by atoms with Crippen molar-refractivity contribution in [2.75, 3.05) is 20.2 Å². The van der Waals surface area contributed by atoms with Crippen molar-refractivity contribution in [1.29, 1.82) is 0 Å². The molecule has 2 aromatic rings. The Kier molecular flexibility index (Phi) is 4.45. The van der Waals surface area contributed by atoms with Crippen LogP contribution in [0.2, 0.25) is 0 Å². The van der Waals surface area contributed by atoms with E-state index in [0.717, 1.165) is 25.7 Å². The Morgan fingerprint density at radius 2 is 1.62 bits per heavy atom. The summed E-state index contributed by atoms with van der Waals surface area (Å²) in [4.78, 5) is 14.0. The fraction of sp³-hybridized carbons (Fsp3) is 0.409. The zero-order chi connectivity index (χ0) is 18.1. The lowest BCUT2D eigenvalue weighted by molar-refractivity contribution is 0.0124. The second-order valence-corrected chi connectivity index (χ2v) is 7.59. The van der Waals surface area contributed by atoms with Gasteiger partial charge in [0, 0.05) is 13.0 Å². The fourth-order valence-electron chi connectivity index (χ4n) is 4.40. The molecule has 4 nitrogen and oxygen atoms in total. The Labute approximate surface area is 154 Å². The third kappa shape index (κ3) is 3.10. The van der Waals surface area contributed by atoms with E-state index >= 15 is 0 Å². The van der Waals surface area contributed by atoms with Crippen LogP contribution in [0.25, 0.3) is 11.1 Å². The van der Waals surface area contributed by atoms with Gasteiger partial charge in [-0.05, 0) is 35.1 Å². The van der Waals surface area contributed by atoms with Crippen molar-refractivity contribution in [3.63, 3.8) is 0 Å². The molecule has 4 heteroatoms. The number of hydrogen-bond acceptors (Lipinski definition) is 3. The fourth-order valence-corrected chi connectivity index (χ4v) is 4.40. The average Bonchev–Trinajstić information content (AvgIpc) is 3.21. The van der Waals surface area contributed by atoms with Gasteiger partial charge in [0.25, 0.3) is 0 Å². The van der Waals surface area contributed by atoms with E-state index < -0.39 is 5.60 Å². The van der Waals surface area contributed by atoms with Gasteiger partial charge in [-0.1, -0.05) is 61.4 Å². The van der Waals surface area contributed by atoms with Crippen molar-refractivity contribution in [3.8, 4) is 11.1 Å². The molecule has 0 unspecified atom stereocenters. The molecule has 1 saturated carbocycles. The number of nitrogens with zero attached hydrogens (tertiary/aromatic N) is 1. The van der Waals surface area contributed by atoms with Gasteiger partial charge in [0.05, 0.1) is 12.1 Å². The maximum atomic E-state index is 12.4. The van der Waals surface area contributed by atoms with Crippen LogP contribution >= 0.6 is 0 Å².